The summed E-state index contributed by atoms with van der Waals surface area (Å²) in [6.07, 6.45) is 0.902. The Morgan fingerprint density at radius 2 is 1.56 bits per heavy atom. The van der Waals surface area contributed by atoms with E-state index in [4.69, 9.17) is 0 Å². The highest BCUT2D eigenvalue weighted by molar-refractivity contribution is 5.95. The van der Waals surface area contributed by atoms with Gasteiger partial charge >= 0.3 is 0 Å². The van der Waals surface area contributed by atoms with Crippen molar-refractivity contribution < 1.29 is 9.59 Å². The third-order valence-corrected chi connectivity index (χ3v) is 5.30. The van der Waals surface area contributed by atoms with Crippen LogP contribution in [0.15, 0.2) is 48.5 Å². The van der Waals surface area contributed by atoms with Crippen molar-refractivity contribution in [2.24, 2.45) is 5.92 Å². The number of carbonyl (C=O) groups excluding carboxylic acids is 2. The minimum absolute atomic E-state index is 0.00194. The van der Waals surface area contributed by atoms with Gasteiger partial charge in [-0.15, -0.1) is 0 Å². The Kier molecular flexibility index (Phi) is 5.94. The number of nitrogens with zero attached hydrogens (tertiary/aromatic N) is 1. The van der Waals surface area contributed by atoms with Crippen LogP contribution in [0.4, 0.5) is 0 Å². The molecule has 2 aromatic rings. The summed E-state index contributed by atoms with van der Waals surface area (Å²) in [7, 11) is 0. The summed E-state index contributed by atoms with van der Waals surface area (Å²) >= 11 is 0. The molecule has 142 valence electrons. The van der Waals surface area contributed by atoms with E-state index in [1.807, 2.05) is 43.0 Å². The SMILES string of the molecule is CCCNC(=O)C1CN(C(=O)c2ccc(C)cc2)CC1c1ccc(C)cc1. The van der Waals surface area contributed by atoms with Gasteiger partial charge in [0.25, 0.3) is 5.91 Å². The van der Waals surface area contributed by atoms with Crippen LogP contribution in [0.1, 0.15) is 46.3 Å². The number of benzene rings is 2. The number of hydrogen-bond donors (Lipinski definition) is 1. The van der Waals surface area contributed by atoms with Crippen molar-refractivity contribution >= 4 is 11.8 Å². The minimum Gasteiger partial charge on any atom is -0.356 e. The zero-order chi connectivity index (χ0) is 19.4. The fourth-order valence-corrected chi connectivity index (χ4v) is 3.64. The molecule has 4 nitrogen and oxygen atoms in total. The van der Waals surface area contributed by atoms with Crippen molar-refractivity contribution in [2.45, 2.75) is 33.1 Å². The normalized spacial score (nSPS) is 19.1. The van der Waals surface area contributed by atoms with Crippen LogP contribution < -0.4 is 5.32 Å². The highest BCUT2D eigenvalue weighted by atomic mass is 16.2. The van der Waals surface area contributed by atoms with Gasteiger partial charge < -0.3 is 10.2 Å². The molecule has 1 saturated heterocycles. The Morgan fingerprint density at radius 1 is 0.963 bits per heavy atom. The summed E-state index contributed by atoms with van der Waals surface area (Å²) in [4.78, 5) is 27.5. The number of amides is 2. The standard InChI is InChI=1S/C23H28N2O2/c1-4-13-24-22(26)21-15-25(23(27)19-11-7-17(3)8-12-19)14-20(21)18-9-5-16(2)6-10-18/h5-12,20-21H,4,13-15H2,1-3H3,(H,24,26). The number of aryl methyl sites for hydroxylation is 2. The first kappa shape index (κ1) is 19.2. The smallest absolute Gasteiger partial charge is 0.253 e. The number of rotatable bonds is 5. The van der Waals surface area contributed by atoms with Crippen LogP contribution in [0.2, 0.25) is 0 Å². The topological polar surface area (TPSA) is 49.4 Å². The van der Waals surface area contributed by atoms with Crippen LogP contribution in [0, 0.1) is 19.8 Å². The first-order chi connectivity index (χ1) is 13.0. The van der Waals surface area contributed by atoms with Gasteiger partial charge in [-0.05, 0) is 38.0 Å². The van der Waals surface area contributed by atoms with Crippen molar-refractivity contribution in [3.05, 3.63) is 70.8 Å². The van der Waals surface area contributed by atoms with Crippen molar-refractivity contribution in [3.63, 3.8) is 0 Å². The molecule has 27 heavy (non-hydrogen) atoms. The summed E-state index contributed by atoms with van der Waals surface area (Å²) in [5, 5.41) is 3.02. The summed E-state index contributed by atoms with van der Waals surface area (Å²) < 4.78 is 0. The maximum Gasteiger partial charge on any atom is 0.253 e. The molecule has 1 aliphatic heterocycles. The Balaban J connectivity index is 1.83. The van der Waals surface area contributed by atoms with Gasteiger partial charge in [-0.1, -0.05) is 54.4 Å². The van der Waals surface area contributed by atoms with E-state index in [0.717, 1.165) is 17.5 Å². The highest BCUT2D eigenvalue weighted by Gasteiger charge is 2.40. The van der Waals surface area contributed by atoms with Gasteiger partial charge in [0.1, 0.15) is 0 Å². The molecule has 0 spiro atoms. The largest absolute Gasteiger partial charge is 0.356 e. The average molecular weight is 364 g/mol. The predicted octanol–water partition coefficient (Wildman–Crippen LogP) is 3.69. The molecule has 0 radical (unpaired) electrons. The number of carbonyl (C=O) groups is 2. The first-order valence-electron chi connectivity index (χ1n) is 9.69. The molecule has 0 aromatic heterocycles. The second kappa shape index (κ2) is 8.38. The lowest BCUT2D eigenvalue weighted by atomic mass is 9.88. The van der Waals surface area contributed by atoms with Gasteiger partial charge in [0.15, 0.2) is 0 Å². The Morgan fingerprint density at radius 3 is 2.15 bits per heavy atom. The second-order valence-corrected chi connectivity index (χ2v) is 7.49. The van der Waals surface area contributed by atoms with Crippen LogP contribution in [0.3, 0.4) is 0 Å². The molecule has 0 bridgehead atoms. The van der Waals surface area contributed by atoms with Crippen LogP contribution in [0.25, 0.3) is 0 Å². The van der Waals surface area contributed by atoms with Crippen molar-refractivity contribution in [1.82, 2.24) is 10.2 Å². The second-order valence-electron chi connectivity index (χ2n) is 7.49. The Bertz CT molecular complexity index is 796. The van der Waals surface area contributed by atoms with Gasteiger partial charge in [-0.2, -0.15) is 0 Å². The lowest BCUT2D eigenvalue weighted by Crippen LogP contribution is -2.36. The molecule has 2 atom stereocenters. The highest BCUT2D eigenvalue weighted by Crippen LogP contribution is 2.34. The quantitative estimate of drug-likeness (QED) is 0.880. The maximum atomic E-state index is 13.0. The molecule has 4 heteroatoms. The van der Waals surface area contributed by atoms with Crippen molar-refractivity contribution in [2.75, 3.05) is 19.6 Å². The molecule has 1 aliphatic rings. The minimum atomic E-state index is -0.214. The lowest BCUT2D eigenvalue weighted by molar-refractivity contribution is -0.124. The fourth-order valence-electron chi connectivity index (χ4n) is 3.64. The lowest BCUT2D eigenvalue weighted by Gasteiger charge is -2.18. The predicted molar refractivity (Wildman–Crippen MR) is 108 cm³/mol. The molecule has 3 rings (SSSR count). The molecule has 1 heterocycles. The van der Waals surface area contributed by atoms with Gasteiger partial charge in [0.2, 0.25) is 5.91 Å². The zero-order valence-electron chi connectivity index (χ0n) is 16.4. The van der Waals surface area contributed by atoms with Gasteiger partial charge in [-0.3, -0.25) is 9.59 Å². The number of nitrogens with one attached hydrogen (secondary N) is 1. The molecule has 2 aromatic carbocycles. The van der Waals surface area contributed by atoms with E-state index in [1.165, 1.54) is 5.56 Å². The van der Waals surface area contributed by atoms with Crippen LogP contribution >= 0.6 is 0 Å². The van der Waals surface area contributed by atoms with Crippen LogP contribution in [-0.4, -0.2) is 36.3 Å². The van der Waals surface area contributed by atoms with E-state index in [1.54, 1.807) is 0 Å². The van der Waals surface area contributed by atoms with Crippen molar-refractivity contribution in [1.29, 1.82) is 0 Å². The van der Waals surface area contributed by atoms with E-state index in [2.05, 4.69) is 36.5 Å². The third kappa shape index (κ3) is 4.38. The monoisotopic (exact) mass is 364 g/mol. The Hall–Kier alpha value is -2.62. The average Bonchev–Trinajstić information content (AvgIpc) is 3.12. The van der Waals surface area contributed by atoms with Gasteiger partial charge in [-0.25, -0.2) is 0 Å². The van der Waals surface area contributed by atoms with Crippen LogP contribution in [-0.2, 0) is 4.79 Å². The van der Waals surface area contributed by atoms with Crippen molar-refractivity contribution in [3.8, 4) is 0 Å². The molecule has 2 unspecified atom stereocenters. The van der Waals surface area contributed by atoms with Gasteiger partial charge in [0, 0.05) is 31.1 Å². The number of likely N-dealkylation sites (tertiary alicyclic amines) is 1. The van der Waals surface area contributed by atoms with E-state index in [-0.39, 0.29) is 23.7 Å². The maximum absolute atomic E-state index is 13.0. The molecule has 0 aliphatic carbocycles. The zero-order valence-corrected chi connectivity index (χ0v) is 16.4. The summed E-state index contributed by atoms with van der Waals surface area (Å²) in [5.41, 5.74) is 4.12. The number of hydrogen-bond acceptors (Lipinski definition) is 2. The Labute approximate surface area is 161 Å². The fraction of sp³-hybridized carbons (Fsp3) is 0.391. The summed E-state index contributed by atoms with van der Waals surface area (Å²) in [5.74, 6) is -0.148. The molecule has 1 fully saturated rings. The molecular formula is C23H28N2O2. The van der Waals surface area contributed by atoms with E-state index in [0.29, 0.717) is 25.2 Å². The third-order valence-electron chi connectivity index (χ3n) is 5.30. The van der Waals surface area contributed by atoms with E-state index >= 15 is 0 Å². The molecule has 0 saturated carbocycles. The van der Waals surface area contributed by atoms with Crippen LogP contribution in [0.5, 0.6) is 0 Å². The molecular weight excluding hydrogens is 336 g/mol. The van der Waals surface area contributed by atoms with E-state index < -0.39 is 0 Å². The summed E-state index contributed by atoms with van der Waals surface area (Å²) in [6.45, 7) is 7.80. The first-order valence-corrected chi connectivity index (χ1v) is 9.69. The van der Waals surface area contributed by atoms with E-state index in [9.17, 15) is 9.59 Å². The molecule has 2 amide bonds. The van der Waals surface area contributed by atoms with Gasteiger partial charge in [0.05, 0.1) is 5.92 Å². The summed E-state index contributed by atoms with van der Waals surface area (Å²) in [6, 6.07) is 15.9. The molecule has 1 N–H and O–H groups in total.